The Bertz CT molecular complexity index is 3650. The predicted octanol–water partition coefficient (Wildman–Crippen LogP) is 8.52. The van der Waals surface area contributed by atoms with Crippen LogP contribution in [0.25, 0.3) is 0 Å². The number of non-ortho nitro benzene ring substituents is 1. The number of benzene rings is 7. The molecule has 0 radical (unpaired) electrons. The van der Waals surface area contributed by atoms with E-state index < -0.39 is 64.4 Å². The Kier molecular flexibility index (Phi) is 15.7. The van der Waals surface area contributed by atoms with Crippen molar-refractivity contribution in [1.29, 1.82) is 0 Å². The first kappa shape index (κ1) is 55.2. The second-order valence-electron chi connectivity index (χ2n) is 21.5. The number of carbonyl (C=O) groups excluding carboxylic acids is 4. The first-order chi connectivity index (χ1) is 41.0. The van der Waals surface area contributed by atoms with E-state index >= 15 is 19.2 Å². The molecule has 426 valence electrons. The molecule has 0 unspecified atom stereocenters. The Morgan fingerprint density at radius 1 is 0.750 bits per heavy atom. The highest BCUT2D eigenvalue weighted by Gasteiger charge is 2.76. The monoisotopic (exact) mass is 1130 g/mol. The van der Waals surface area contributed by atoms with Crippen molar-refractivity contribution in [3.8, 4) is 29.1 Å². The predicted molar refractivity (Wildman–Crippen MR) is 308 cm³/mol. The van der Waals surface area contributed by atoms with Crippen molar-refractivity contribution in [1.82, 2.24) is 19.6 Å². The molecular weight excluding hydrogens is 1070 g/mol. The number of fused-ring (bicyclic) bond motifs is 4. The van der Waals surface area contributed by atoms with Crippen LogP contribution in [0.3, 0.4) is 0 Å². The van der Waals surface area contributed by atoms with Crippen molar-refractivity contribution in [2.24, 2.45) is 5.92 Å². The van der Waals surface area contributed by atoms with Crippen molar-refractivity contribution in [3.05, 3.63) is 231 Å². The van der Waals surface area contributed by atoms with Crippen molar-refractivity contribution in [3.63, 3.8) is 0 Å². The van der Waals surface area contributed by atoms with E-state index in [2.05, 4.69) is 21.6 Å². The van der Waals surface area contributed by atoms with E-state index in [-0.39, 0.29) is 56.6 Å². The molecule has 12 rings (SSSR count). The molecule has 18 heteroatoms. The molecule has 0 bridgehead atoms. The van der Waals surface area contributed by atoms with Crippen molar-refractivity contribution in [2.75, 3.05) is 64.7 Å². The number of morpholine rings is 1. The molecule has 18 nitrogen and oxygen atoms in total. The number of piperazine rings is 1. The number of carbonyl (C=O) groups is 4. The Balaban J connectivity index is 1.03. The number of anilines is 1. The van der Waals surface area contributed by atoms with Crippen molar-refractivity contribution in [2.45, 2.75) is 49.3 Å². The number of imide groups is 1. The number of hydrogen-bond donors (Lipinski definition) is 1. The summed E-state index contributed by atoms with van der Waals surface area (Å²) in [6.07, 6.45) is -2.02. The largest absolute Gasteiger partial charge is 0.491 e. The van der Waals surface area contributed by atoms with Gasteiger partial charge in [-0.05, 0) is 101 Å². The number of aliphatic hydroxyl groups is 1. The number of aliphatic hydroxyl groups excluding tert-OH is 1. The zero-order valence-electron chi connectivity index (χ0n) is 46.0. The van der Waals surface area contributed by atoms with Crippen LogP contribution in [0.5, 0.6) is 17.2 Å². The molecule has 3 fully saturated rings. The van der Waals surface area contributed by atoms with Gasteiger partial charge in [-0.15, -0.1) is 0 Å². The number of amides is 3. The highest BCUT2D eigenvalue weighted by Crippen LogP contribution is 2.66. The molecule has 7 aromatic carbocycles. The Morgan fingerprint density at radius 3 is 2.13 bits per heavy atom. The molecule has 7 aromatic rings. The second kappa shape index (κ2) is 23.8. The number of nitro benzene ring substituents is 1. The van der Waals surface area contributed by atoms with Gasteiger partial charge in [-0.3, -0.25) is 39.2 Å². The number of cyclic esters (lactones) is 1. The third-order valence-electron chi connectivity index (χ3n) is 16.4. The van der Waals surface area contributed by atoms with Crippen LogP contribution in [-0.4, -0.2) is 119 Å². The Hall–Kier alpha value is -9.38. The molecule has 3 amide bonds. The highest BCUT2D eigenvalue weighted by atomic mass is 16.7. The van der Waals surface area contributed by atoms with Gasteiger partial charge in [0.15, 0.2) is 11.5 Å². The summed E-state index contributed by atoms with van der Waals surface area (Å²) in [4.78, 5) is 84.7. The van der Waals surface area contributed by atoms with Gasteiger partial charge in [0, 0.05) is 57.0 Å². The lowest BCUT2D eigenvalue weighted by Crippen LogP contribution is -2.59. The maximum absolute atomic E-state index is 17.0. The van der Waals surface area contributed by atoms with Gasteiger partial charge in [0.05, 0.1) is 41.8 Å². The molecule has 5 heterocycles. The fourth-order valence-corrected chi connectivity index (χ4v) is 12.6. The zero-order valence-corrected chi connectivity index (χ0v) is 46.0. The zero-order chi connectivity index (χ0) is 57.9. The fraction of sp³-hybridized carbons (Fsp3) is 0.273. The SMILES string of the molecule is CN(CC#Cc1ccc2c(c1)[C@]1(C(=O)N2C(=O)OCc2ccc([N+](=O)[O-])cc2)[C@H](c2ccc(OCCO)cc2)N2[C@H](c3ccccc3)[C@H](c3ccccc3)OC(=O)[C@H]2[C@@H]1C(=O)N1CCN(Cc2ccc3c(c2)OCO3)CC1)Cc1ccccc1. The van der Waals surface area contributed by atoms with E-state index in [1.807, 2.05) is 121 Å². The minimum Gasteiger partial charge on any atom is -0.491 e. The van der Waals surface area contributed by atoms with Gasteiger partial charge in [0.1, 0.15) is 36.5 Å². The maximum atomic E-state index is 17.0. The number of esters is 1. The maximum Gasteiger partial charge on any atom is 0.421 e. The summed E-state index contributed by atoms with van der Waals surface area (Å²) in [6, 6.07) is 49.0. The minimum atomic E-state index is -2.10. The lowest BCUT2D eigenvalue weighted by atomic mass is 9.65. The molecule has 3 saturated heterocycles. The summed E-state index contributed by atoms with van der Waals surface area (Å²) in [5, 5.41) is 21.3. The highest BCUT2D eigenvalue weighted by molar-refractivity contribution is 6.23. The average molecular weight is 1130 g/mol. The van der Waals surface area contributed by atoms with Gasteiger partial charge in [-0.25, -0.2) is 9.69 Å². The first-order valence-corrected chi connectivity index (χ1v) is 27.9. The smallest absolute Gasteiger partial charge is 0.421 e. The van der Waals surface area contributed by atoms with E-state index in [1.54, 1.807) is 47.4 Å². The average Bonchev–Trinajstić information content (AvgIpc) is 1.57. The Morgan fingerprint density at radius 2 is 1.43 bits per heavy atom. The van der Waals surface area contributed by atoms with Crippen LogP contribution in [0, 0.1) is 27.9 Å². The minimum absolute atomic E-state index is 0.0107. The van der Waals surface area contributed by atoms with Gasteiger partial charge in [0.25, 0.3) is 5.69 Å². The lowest BCUT2D eigenvalue weighted by molar-refractivity contribution is -0.384. The van der Waals surface area contributed by atoms with Gasteiger partial charge < -0.3 is 33.7 Å². The van der Waals surface area contributed by atoms with Gasteiger partial charge in [-0.2, -0.15) is 0 Å². The molecule has 6 atom stereocenters. The first-order valence-electron chi connectivity index (χ1n) is 27.9. The summed E-state index contributed by atoms with van der Waals surface area (Å²) in [7, 11) is 1.97. The molecule has 0 aliphatic carbocycles. The summed E-state index contributed by atoms with van der Waals surface area (Å²) < 4.78 is 29.9. The molecule has 5 aliphatic heterocycles. The quantitative estimate of drug-likeness (QED) is 0.0444. The fourth-order valence-electron chi connectivity index (χ4n) is 12.6. The van der Waals surface area contributed by atoms with Crippen LogP contribution in [0.1, 0.15) is 62.7 Å². The molecule has 1 spiro atoms. The van der Waals surface area contributed by atoms with E-state index in [1.165, 1.54) is 24.3 Å². The molecule has 5 aliphatic rings. The standard InChI is InChI=1S/C66H60N6O12/c1-67(40-45-12-5-2-6-13-45)31-11-14-44-21-29-54-53(38-44)66(64(76)70(54)65(77)81-42-46-19-25-51(26-20-46)72(78)79)57(62(74)69-34-32-68(33-35-69)41-47-22-30-55-56(39-47)83-43-82-55)59-63(75)84-60(49-17-9-4-10-18-49)58(48-15-7-3-8-16-48)71(59)61(66)50-23-27-52(28-24-50)80-37-36-73/h2-10,12-13,15-30,38-39,57-61,73H,31-37,40-43H2,1H3/t57-,58-,59-,60+,61+,66-/m1/s1. The lowest BCUT2D eigenvalue weighted by Gasteiger charge is -2.46. The van der Waals surface area contributed by atoms with Crippen LogP contribution in [0.4, 0.5) is 16.2 Å². The number of ether oxygens (including phenoxy) is 5. The summed E-state index contributed by atoms with van der Waals surface area (Å²) >= 11 is 0. The Labute approximate surface area is 485 Å². The molecule has 84 heavy (non-hydrogen) atoms. The topological polar surface area (TPSA) is 194 Å². The number of rotatable bonds is 15. The number of hydrogen-bond acceptors (Lipinski definition) is 15. The van der Waals surface area contributed by atoms with E-state index in [4.69, 9.17) is 23.7 Å². The van der Waals surface area contributed by atoms with E-state index in [0.29, 0.717) is 72.2 Å². The van der Waals surface area contributed by atoms with Crippen molar-refractivity contribution >= 4 is 35.3 Å². The normalized spacial score (nSPS) is 21.6. The van der Waals surface area contributed by atoms with Crippen LogP contribution in [0.15, 0.2) is 176 Å². The number of nitro groups is 1. The molecule has 0 aromatic heterocycles. The molecular formula is C66H60N6O12. The van der Waals surface area contributed by atoms with E-state index in [0.717, 1.165) is 21.6 Å². The summed E-state index contributed by atoms with van der Waals surface area (Å²) in [5.41, 5.74) is 3.10. The van der Waals surface area contributed by atoms with Crippen LogP contribution < -0.4 is 19.1 Å². The van der Waals surface area contributed by atoms with Crippen LogP contribution in [-0.2, 0) is 49.0 Å². The second-order valence-corrected chi connectivity index (χ2v) is 21.5. The molecule has 1 N–H and O–H groups in total. The van der Waals surface area contributed by atoms with Crippen LogP contribution in [0.2, 0.25) is 0 Å². The molecule has 0 saturated carbocycles. The van der Waals surface area contributed by atoms with E-state index in [9.17, 15) is 15.2 Å². The third-order valence-corrected chi connectivity index (χ3v) is 16.4. The summed E-state index contributed by atoms with van der Waals surface area (Å²) in [5.74, 6) is 4.85. The van der Waals surface area contributed by atoms with Gasteiger partial charge >= 0.3 is 12.1 Å². The van der Waals surface area contributed by atoms with Crippen LogP contribution >= 0.6 is 0 Å². The third kappa shape index (κ3) is 10.6. The van der Waals surface area contributed by atoms with Gasteiger partial charge in [0.2, 0.25) is 18.6 Å². The number of nitrogens with zero attached hydrogens (tertiary/aromatic N) is 6. The van der Waals surface area contributed by atoms with Gasteiger partial charge in [-0.1, -0.05) is 121 Å². The summed E-state index contributed by atoms with van der Waals surface area (Å²) in [6.45, 7) is 2.48. The van der Waals surface area contributed by atoms with Crippen molar-refractivity contribution < 1.29 is 52.9 Å².